The zero-order valence-electron chi connectivity index (χ0n) is 10.9. The summed E-state index contributed by atoms with van der Waals surface area (Å²) in [5.74, 6) is 0.906. The van der Waals surface area contributed by atoms with Crippen LogP contribution in [0.15, 0.2) is 10.6 Å². The van der Waals surface area contributed by atoms with Gasteiger partial charge in [-0.3, -0.25) is 4.90 Å². The van der Waals surface area contributed by atoms with Crippen LogP contribution in [0.1, 0.15) is 37.1 Å². The van der Waals surface area contributed by atoms with E-state index < -0.39 is 0 Å². The Labute approximate surface area is 103 Å². The van der Waals surface area contributed by atoms with Gasteiger partial charge in [-0.2, -0.15) is 0 Å². The highest BCUT2D eigenvalue weighted by atomic mass is 16.5. The van der Waals surface area contributed by atoms with Gasteiger partial charge in [0, 0.05) is 18.7 Å². The topological polar surface area (TPSA) is 41.3 Å². The summed E-state index contributed by atoms with van der Waals surface area (Å²) in [6, 6.07) is 2.75. The van der Waals surface area contributed by atoms with E-state index in [0.717, 1.165) is 24.5 Å². The van der Waals surface area contributed by atoms with Crippen LogP contribution >= 0.6 is 0 Å². The van der Waals surface area contributed by atoms with Crippen molar-refractivity contribution in [1.82, 2.24) is 15.4 Å². The first-order valence-electron chi connectivity index (χ1n) is 6.60. The van der Waals surface area contributed by atoms with Crippen LogP contribution in [0, 0.1) is 6.92 Å². The highest BCUT2D eigenvalue weighted by molar-refractivity contribution is 5.03. The van der Waals surface area contributed by atoms with Gasteiger partial charge in [0.05, 0.1) is 5.69 Å². The molecule has 1 aliphatic rings. The van der Waals surface area contributed by atoms with Crippen molar-refractivity contribution in [3.8, 4) is 0 Å². The lowest BCUT2D eigenvalue weighted by Gasteiger charge is -2.35. The van der Waals surface area contributed by atoms with Gasteiger partial charge in [0.2, 0.25) is 0 Å². The molecule has 2 heterocycles. The SMILES string of the molecule is CNCCC1CCCCN1Cc1cc(C)on1. The molecule has 1 N–H and O–H groups in total. The lowest BCUT2D eigenvalue weighted by atomic mass is 9.99. The molecule has 0 spiro atoms. The molecule has 1 aromatic rings. The number of aromatic nitrogens is 1. The number of rotatable bonds is 5. The van der Waals surface area contributed by atoms with Gasteiger partial charge in [-0.25, -0.2) is 0 Å². The number of piperidine rings is 1. The third-order valence-corrected chi connectivity index (χ3v) is 3.52. The highest BCUT2D eigenvalue weighted by Gasteiger charge is 2.22. The molecule has 0 amide bonds. The maximum Gasteiger partial charge on any atom is 0.133 e. The number of hydrogen-bond acceptors (Lipinski definition) is 4. The minimum atomic E-state index is 0.702. The van der Waals surface area contributed by atoms with E-state index >= 15 is 0 Å². The Hall–Kier alpha value is -0.870. The van der Waals surface area contributed by atoms with Crippen molar-refractivity contribution in [2.24, 2.45) is 0 Å². The number of nitrogens with one attached hydrogen (secondary N) is 1. The van der Waals surface area contributed by atoms with Crippen molar-refractivity contribution < 1.29 is 4.52 Å². The molecule has 0 bridgehead atoms. The maximum absolute atomic E-state index is 5.13. The van der Waals surface area contributed by atoms with Gasteiger partial charge in [0.1, 0.15) is 5.76 Å². The highest BCUT2D eigenvalue weighted by Crippen LogP contribution is 2.21. The van der Waals surface area contributed by atoms with Gasteiger partial charge in [-0.05, 0) is 46.3 Å². The van der Waals surface area contributed by atoms with E-state index in [-0.39, 0.29) is 0 Å². The van der Waals surface area contributed by atoms with E-state index in [9.17, 15) is 0 Å². The van der Waals surface area contributed by atoms with Gasteiger partial charge >= 0.3 is 0 Å². The third-order valence-electron chi connectivity index (χ3n) is 3.52. The summed E-state index contributed by atoms with van der Waals surface area (Å²) in [4.78, 5) is 2.55. The Balaban J connectivity index is 1.91. The smallest absolute Gasteiger partial charge is 0.133 e. The van der Waals surface area contributed by atoms with Crippen LogP contribution in [-0.2, 0) is 6.54 Å². The average molecular weight is 237 g/mol. The van der Waals surface area contributed by atoms with Crippen molar-refractivity contribution in [3.05, 3.63) is 17.5 Å². The van der Waals surface area contributed by atoms with E-state index in [1.807, 2.05) is 20.0 Å². The van der Waals surface area contributed by atoms with Gasteiger partial charge in [0.15, 0.2) is 0 Å². The standard InChI is InChI=1S/C13H23N3O/c1-11-9-12(15-17-11)10-16-8-4-3-5-13(16)6-7-14-2/h9,13-14H,3-8,10H2,1-2H3. The number of likely N-dealkylation sites (tertiary alicyclic amines) is 1. The lowest BCUT2D eigenvalue weighted by Crippen LogP contribution is -2.40. The van der Waals surface area contributed by atoms with E-state index in [1.54, 1.807) is 0 Å². The fourth-order valence-corrected chi connectivity index (χ4v) is 2.61. The van der Waals surface area contributed by atoms with E-state index in [4.69, 9.17) is 4.52 Å². The molecule has 0 saturated carbocycles. The second-order valence-electron chi connectivity index (χ2n) is 4.94. The van der Waals surface area contributed by atoms with Gasteiger partial charge in [0.25, 0.3) is 0 Å². The fraction of sp³-hybridized carbons (Fsp3) is 0.769. The van der Waals surface area contributed by atoms with Crippen LogP contribution in [-0.4, -0.2) is 36.2 Å². The third kappa shape index (κ3) is 3.54. The molecule has 4 heteroatoms. The molecular formula is C13H23N3O. The first-order valence-corrected chi connectivity index (χ1v) is 6.60. The molecule has 96 valence electrons. The summed E-state index contributed by atoms with van der Waals surface area (Å²) in [7, 11) is 2.02. The molecule has 1 aliphatic heterocycles. The second-order valence-corrected chi connectivity index (χ2v) is 4.94. The van der Waals surface area contributed by atoms with Crippen LogP contribution in [0.2, 0.25) is 0 Å². The van der Waals surface area contributed by atoms with E-state index in [0.29, 0.717) is 6.04 Å². The van der Waals surface area contributed by atoms with Crippen LogP contribution < -0.4 is 5.32 Å². The summed E-state index contributed by atoms with van der Waals surface area (Å²) in [5, 5.41) is 7.34. The van der Waals surface area contributed by atoms with Crippen molar-refractivity contribution in [2.45, 2.75) is 45.2 Å². The molecule has 1 atom stereocenters. The minimum Gasteiger partial charge on any atom is -0.361 e. The fourth-order valence-electron chi connectivity index (χ4n) is 2.61. The van der Waals surface area contributed by atoms with E-state index in [2.05, 4.69) is 15.4 Å². The quantitative estimate of drug-likeness (QED) is 0.850. The first kappa shape index (κ1) is 12.6. The zero-order chi connectivity index (χ0) is 12.1. The summed E-state index contributed by atoms with van der Waals surface area (Å²) in [6.07, 6.45) is 5.22. The van der Waals surface area contributed by atoms with Crippen LogP contribution in [0.4, 0.5) is 0 Å². The molecule has 1 fully saturated rings. The molecule has 2 rings (SSSR count). The number of hydrogen-bond donors (Lipinski definition) is 1. The monoisotopic (exact) mass is 237 g/mol. The molecule has 1 aromatic heterocycles. The van der Waals surface area contributed by atoms with Crippen LogP contribution in [0.25, 0.3) is 0 Å². The molecule has 1 unspecified atom stereocenters. The zero-order valence-corrected chi connectivity index (χ0v) is 10.9. The molecule has 17 heavy (non-hydrogen) atoms. The minimum absolute atomic E-state index is 0.702. The molecule has 1 saturated heterocycles. The average Bonchev–Trinajstić information content (AvgIpc) is 2.74. The molecule has 4 nitrogen and oxygen atoms in total. The molecular weight excluding hydrogens is 214 g/mol. The number of aryl methyl sites for hydroxylation is 1. The van der Waals surface area contributed by atoms with Gasteiger partial charge in [-0.1, -0.05) is 11.6 Å². The van der Waals surface area contributed by atoms with Crippen molar-refractivity contribution in [2.75, 3.05) is 20.1 Å². The van der Waals surface area contributed by atoms with Gasteiger partial charge in [-0.15, -0.1) is 0 Å². The molecule has 0 aromatic carbocycles. The van der Waals surface area contributed by atoms with E-state index in [1.165, 1.54) is 32.2 Å². The van der Waals surface area contributed by atoms with Gasteiger partial charge < -0.3 is 9.84 Å². The predicted molar refractivity (Wildman–Crippen MR) is 67.8 cm³/mol. The summed E-state index contributed by atoms with van der Waals surface area (Å²) in [5.41, 5.74) is 1.07. The Morgan fingerprint density at radius 3 is 3.12 bits per heavy atom. The summed E-state index contributed by atoms with van der Waals surface area (Å²) in [6.45, 7) is 5.18. The Morgan fingerprint density at radius 1 is 1.53 bits per heavy atom. The summed E-state index contributed by atoms with van der Waals surface area (Å²) >= 11 is 0. The van der Waals surface area contributed by atoms with Crippen LogP contribution in [0.3, 0.4) is 0 Å². The lowest BCUT2D eigenvalue weighted by molar-refractivity contribution is 0.129. The van der Waals surface area contributed by atoms with Crippen molar-refractivity contribution in [1.29, 1.82) is 0 Å². The Bertz CT molecular complexity index is 337. The maximum atomic E-state index is 5.13. The Morgan fingerprint density at radius 2 is 2.41 bits per heavy atom. The second kappa shape index (κ2) is 6.17. The largest absolute Gasteiger partial charge is 0.361 e. The normalized spacial score (nSPS) is 21.9. The number of nitrogens with zero attached hydrogens (tertiary/aromatic N) is 2. The predicted octanol–water partition coefficient (Wildman–Crippen LogP) is 1.95. The molecule has 0 aliphatic carbocycles. The van der Waals surface area contributed by atoms with Crippen LogP contribution in [0.5, 0.6) is 0 Å². The van der Waals surface area contributed by atoms with Crippen molar-refractivity contribution in [3.63, 3.8) is 0 Å². The first-order chi connectivity index (χ1) is 8.29. The Kier molecular flexibility index (Phi) is 4.57. The molecule has 0 radical (unpaired) electrons. The van der Waals surface area contributed by atoms with Crippen molar-refractivity contribution >= 4 is 0 Å². The summed E-state index contributed by atoms with van der Waals surface area (Å²) < 4.78 is 5.13.